The van der Waals surface area contributed by atoms with E-state index in [0.29, 0.717) is 31.1 Å². The standard InChI is InChI=1S/C19H34N2O6S2/c1-7-26-13-12-19(18(13,5)6,21-16(25)27-17(2,3)4)15(24)20-9-11-29-28-10-8-14(22)23/h13H,7-12H2,1-6H3,(H,20,24)(H,21,25)(H,22,23). The first-order valence-electron chi connectivity index (χ1n) is 9.73. The maximum absolute atomic E-state index is 13.1. The maximum atomic E-state index is 13.1. The molecule has 3 N–H and O–H groups in total. The number of alkyl carbamates (subject to hydrolysis) is 1. The van der Waals surface area contributed by atoms with Crippen LogP contribution in [0.5, 0.6) is 0 Å². The second-order valence-corrected chi connectivity index (χ2v) is 11.1. The van der Waals surface area contributed by atoms with Gasteiger partial charge in [0.15, 0.2) is 0 Å². The zero-order chi connectivity index (χ0) is 22.3. The van der Waals surface area contributed by atoms with Crippen molar-refractivity contribution in [2.24, 2.45) is 5.41 Å². The minimum absolute atomic E-state index is 0.111. The van der Waals surface area contributed by atoms with Gasteiger partial charge in [0.05, 0.1) is 12.5 Å². The minimum Gasteiger partial charge on any atom is -0.481 e. The summed E-state index contributed by atoms with van der Waals surface area (Å²) in [6, 6.07) is 0. The van der Waals surface area contributed by atoms with E-state index in [1.165, 1.54) is 21.6 Å². The molecule has 0 radical (unpaired) electrons. The van der Waals surface area contributed by atoms with Gasteiger partial charge in [0.2, 0.25) is 5.91 Å². The molecule has 8 nitrogen and oxygen atoms in total. The average Bonchev–Trinajstić information content (AvgIpc) is 2.57. The Hall–Kier alpha value is -1.13. The van der Waals surface area contributed by atoms with Crippen LogP contribution in [0.25, 0.3) is 0 Å². The van der Waals surface area contributed by atoms with Gasteiger partial charge in [-0.1, -0.05) is 35.4 Å². The van der Waals surface area contributed by atoms with E-state index in [1.807, 2.05) is 20.8 Å². The van der Waals surface area contributed by atoms with E-state index < -0.39 is 28.6 Å². The SMILES string of the molecule is CCOC1CC(NC(=O)OC(C)(C)C)(C(=O)NCCSSCCC(=O)O)C1(C)C. The number of hydrogen-bond donors (Lipinski definition) is 3. The second kappa shape index (κ2) is 10.8. The molecular formula is C19H34N2O6S2. The van der Waals surface area contributed by atoms with Gasteiger partial charge in [-0.05, 0) is 27.7 Å². The van der Waals surface area contributed by atoms with Gasteiger partial charge in [0.1, 0.15) is 11.1 Å². The van der Waals surface area contributed by atoms with Gasteiger partial charge >= 0.3 is 12.1 Å². The van der Waals surface area contributed by atoms with Gasteiger partial charge < -0.3 is 25.2 Å². The summed E-state index contributed by atoms with van der Waals surface area (Å²) in [6.07, 6.45) is -0.289. The molecule has 2 amide bonds. The van der Waals surface area contributed by atoms with E-state index in [1.54, 1.807) is 20.8 Å². The molecule has 1 fully saturated rings. The second-order valence-electron chi connectivity index (χ2n) is 8.45. The lowest BCUT2D eigenvalue weighted by molar-refractivity contribution is -0.178. The third-order valence-corrected chi connectivity index (χ3v) is 7.23. The van der Waals surface area contributed by atoms with Crippen LogP contribution in [-0.2, 0) is 19.1 Å². The number of carbonyl (C=O) groups is 3. The van der Waals surface area contributed by atoms with Gasteiger partial charge in [-0.2, -0.15) is 0 Å². The molecular weight excluding hydrogens is 416 g/mol. The molecule has 2 atom stereocenters. The molecule has 0 bridgehead atoms. The number of aliphatic carboxylic acids is 1. The number of carbonyl (C=O) groups excluding carboxylic acids is 2. The van der Waals surface area contributed by atoms with Crippen molar-refractivity contribution >= 4 is 39.6 Å². The average molecular weight is 451 g/mol. The first-order valence-corrected chi connectivity index (χ1v) is 12.2. The Balaban J connectivity index is 2.69. The van der Waals surface area contributed by atoms with Crippen LogP contribution in [0, 0.1) is 5.41 Å². The summed E-state index contributed by atoms with van der Waals surface area (Å²) >= 11 is 0. The topological polar surface area (TPSA) is 114 Å². The number of ether oxygens (including phenoxy) is 2. The third kappa shape index (κ3) is 7.25. The van der Waals surface area contributed by atoms with E-state index in [-0.39, 0.29) is 18.4 Å². The highest BCUT2D eigenvalue weighted by molar-refractivity contribution is 8.76. The molecule has 0 aliphatic heterocycles. The van der Waals surface area contributed by atoms with Gasteiger partial charge in [-0.25, -0.2) is 4.79 Å². The highest BCUT2D eigenvalue weighted by Crippen LogP contribution is 2.51. The van der Waals surface area contributed by atoms with Gasteiger partial charge in [-0.3, -0.25) is 9.59 Å². The van der Waals surface area contributed by atoms with E-state index in [4.69, 9.17) is 14.6 Å². The van der Waals surface area contributed by atoms with Crippen LogP contribution in [0.3, 0.4) is 0 Å². The van der Waals surface area contributed by atoms with Crippen LogP contribution < -0.4 is 10.6 Å². The predicted molar refractivity (Wildman–Crippen MR) is 116 cm³/mol. The van der Waals surface area contributed by atoms with Gasteiger partial charge in [0.25, 0.3) is 0 Å². The number of amides is 2. The summed E-state index contributed by atoms with van der Waals surface area (Å²) in [5.41, 5.74) is -2.39. The number of rotatable bonds is 11. The molecule has 0 aromatic heterocycles. The molecule has 2 unspecified atom stereocenters. The van der Waals surface area contributed by atoms with Crippen LogP contribution in [0.2, 0.25) is 0 Å². The zero-order valence-corrected chi connectivity index (χ0v) is 19.8. The normalized spacial score (nSPS) is 23.0. The highest BCUT2D eigenvalue weighted by atomic mass is 33.1. The van der Waals surface area contributed by atoms with Crippen molar-refractivity contribution in [1.82, 2.24) is 10.6 Å². The smallest absolute Gasteiger partial charge is 0.408 e. The molecule has 1 aliphatic carbocycles. The van der Waals surface area contributed by atoms with Crippen molar-refractivity contribution in [2.75, 3.05) is 24.7 Å². The molecule has 168 valence electrons. The van der Waals surface area contributed by atoms with E-state index in [9.17, 15) is 14.4 Å². The Kier molecular flexibility index (Phi) is 9.62. The van der Waals surface area contributed by atoms with Crippen molar-refractivity contribution < 1.29 is 29.0 Å². The zero-order valence-electron chi connectivity index (χ0n) is 18.1. The number of nitrogens with one attached hydrogen (secondary N) is 2. The Morgan fingerprint density at radius 2 is 1.79 bits per heavy atom. The maximum Gasteiger partial charge on any atom is 0.408 e. The molecule has 29 heavy (non-hydrogen) atoms. The molecule has 10 heteroatoms. The molecule has 1 aliphatic rings. The Labute approximate surface area is 181 Å². The first-order chi connectivity index (χ1) is 13.4. The number of carboxylic acids is 1. The van der Waals surface area contributed by atoms with Crippen molar-refractivity contribution in [3.05, 3.63) is 0 Å². The van der Waals surface area contributed by atoms with Crippen molar-refractivity contribution in [2.45, 2.75) is 71.6 Å². The summed E-state index contributed by atoms with van der Waals surface area (Å²) in [7, 11) is 2.96. The minimum atomic E-state index is -1.11. The Bertz CT molecular complexity index is 594. The van der Waals surface area contributed by atoms with Gasteiger partial charge in [0, 0.05) is 36.5 Å². The Morgan fingerprint density at radius 3 is 2.31 bits per heavy atom. The lowest BCUT2D eigenvalue weighted by atomic mass is 9.53. The fourth-order valence-corrected chi connectivity index (χ4v) is 5.03. The van der Waals surface area contributed by atoms with Crippen LogP contribution in [0.4, 0.5) is 4.79 Å². The highest BCUT2D eigenvalue weighted by Gasteiger charge is 2.66. The summed E-state index contributed by atoms with van der Waals surface area (Å²) in [5.74, 6) is 0.0627. The van der Waals surface area contributed by atoms with Crippen LogP contribution >= 0.6 is 21.6 Å². The fraction of sp³-hybridized carbons (Fsp3) is 0.842. The largest absolute Gasteiger partial charge is 0.481 e. The van der Waals surface area contributed by atoms with Gasteiger partial charge in [-0.15, -0.1) is 0 Å². The molecule has 0 spiro atoms. The van der Waals surface area contributed by atoms with Crippen molar-refractivity contribution in [3.8, 4) is 0 Å². The predicted octanol–water partition coefficient (Wildman–Crippen LogP) is 3.06. The number of hydrogen-bond acceptors (Lipinski definition) is 7. The molecule has 0 aromatic carbocycles. The Morgan fingerprint density at radius 1 is 1.17 bits per heavy atom. The van der Waals surface area contributed by atoms with Crippen LogP contribution in [-0.4, -0.2) is 65.0 Å². The van der Waals surface area contributed by atoms with Crippen LogP contribution in [0.1, 0.15) is 54.4 Å². The molecule has 0 heterocycles. The molecule has 1 saturated carbocycles. The van der Waals surface area contributed by atoms with E-state index in [0.717, 1.165) is 0 Å². The molecule has 0 saturated heterocycles. The summed E-state index contributed by atoms with van der Waals surface area (Å²) in [5, 5.41) is 14.3. The molecule has 1 rings (SSSR count). The van der Waals surface area contributed by atoms with Crippen LogP contribution in [0.15, 0.2) is 0 Å². The van der Waals surface area contributed by atoms with E-state index in [2.05, 4.69) is 10.6 Å². The van der Waals surface area contributed by atoms with Crippen molar-refractivity contribution in [3.63, 3.8) is 0 Å². The molecule has 0 aromatic rings. The summed E-state index contributed by atoms with van der Waals surface area (Å²) in [4.78, 5) is 36.0. The third-order valence-electron chi connectivity index (χ3n) is 4.82. The lowest BCUT2D eigenvalue weighted by Crippen LogP contribution is -2.78. The van der Waals surface area contributed by atoms with E-state index >= 15 is 0 Å². The quantitative estimate of drug-likeness (QED) is 0.325. The number of carboxylic acid groups (broad SMARTS) is 1. The summed E-state index contributed by atoms with van der Waals surface area (Å²) < 4.78 is 11.1. The monoisotopic (exact) mass is 450 g/mol. The fourth-order valence-electron chi connectivity index (χ4n) is 3.14. The first kappa shape index (κ1) is 25.9. The lowest BCUT2D eigenvalue weighted by Gasteiger charge is -2.59. The summed E-state index contributed by atoms with van der Waals surface area (Å²) in [6.45, 7) is 12.0. The van der Waals surface area contributed by atoms with Crippen molar-refractivity contribution in [1.29, 1.82) is 0 Å².